The first-order chi connectivity index (χ1) is 12.1. The van der Waals surface area contributed by atoms with Gasteiger partial charge in [-0.05, 0) is 31.5 Å². The molecule has 0 amide bonds. The Kier molecular flexibility index (Phi) is 3.89. The van der Waals surface area contributed by atoms with Crippen molar-refractivity contribution in [2.45, 2.75) is 26.7 Å². The van der Waals surface area contributed by atoms with Gasteiger partial charge in [-0.25, -0.2) is 4.98 Å². The van der Waals surface area contributed by atoms with Crippen molar-refractivity contribution in [1.29, 1.82) is 0 Å². The summed E-state index contributed by atoms with van der Waals surface area (Å²) < 4.78 is 5.28. The van der Waals surface area contributed by atoms with Crippen LogP contribution in [0.15, 0.2) is 33.8 Å². The molecule has 8 heteroatoms. The lowest BCUT2D eigenvalue weighted by Crippen LogP contribution is -2.12. The van der Waals surface area contributed by atoms with Crippen LogP contribution < -0.4 is 5.56 Å². The highest BCUT2D eigenvalue weighted by Crippen LogP contribution is 2.25. The number of aryl methyl sites for hydroxylation is 4. The monoisotopic (exact) mass is 353 g/mol. The fourth-order valence-corrected chi connectivity index (χ4v) is 3.67. The largest absolute Gasteiger partial charge is 0.339 e. The van der Waals surface area contributed by atoms with Crippen LogP contribution in [-0.2, 0) is 12.8 Å². The average molecular weight is 353 g/mol. The van der Waals surface area contributed by atoms with E-state index in [9.17, 15) is 4.79 Å². The van der Waals surface area contributed by atoms with Crippen LogP contribution >= 0.6 is 11.3 Å². The summed E-state index contributed by atoms with van der Waals surface area (Å²) >= 11 is 1.54. The van der Waals surface area contributed by atoms with Crippen molar-refractivity contribution >= 4 is 21.6 Å². The molecule has 0 spiro atoms. The van der Waals surface area contributed by atoms with Crippen LogP contribution in [0.4, 0.5) is 0 Å². The summed E-state index contributed by atoms with van der Waals surface area (Å²) in [6.07, 6.45) is 4.40. The molecule has 126 valence electrons. The summed E-state index contributed by atoms with van der Waals surface area (Å²) in [4.78, 5) is 29.9. The summed E-state index contributed by atoms with van der Waals surface area (Å²) in [5.41, 5.74) is 1.76. The number of H-pyrrole nitrogens is 1. The van der Waals surface area contributed by atoms with Gasteiger partial charge in [0.1, 0.15) is 10.7 Å². The number of nitrogens with zero attached hydrogens (tertiary/aromatic N) is 4. The van der Waals surface area contributed by atoms with Crippen LogP contribution in [0.25, 0.3) is 21.6 Å². The van der Waals surface area contributed by atoms with Crippen molar-refractivity contribution in [2.24, 2.45) is 0 Å². The molecule has 4 heterocycles. The molecule has 25 heavy (non-hydrogen) atoms. The van der Waals surface area contributed by atoms with Gasteiger partial charge in [0.25, 0.3) is 5.56 Å². The van der Waals surface area contributed by atoms with Crippen molar-refractivity contribution in [3.63, 3.8) is 0 Å². The van der Waals surface area contributed by atoms with Crippen LogP contribution in [-0.4, -0.2) is 25.1 Å². The van der Waals surface area contributed by atoms with E-state index in [1.54, 1.807) is 23.7 Å². The Bertz CT molecular complexity index is 1100. The summed E-state index contributed by atoms with van der Waals surface area (Å²) in [7, 11) is 0. The predicted molar refractivity (Wildman–Crippen MR) is 94.7 cm³/mol. The molecule has 0 saturated heterocycles. The maximum absolute atomic E-state index is 12.3. The van der Waals surface area contributed by atoms with Crippen molar-refractivity contribution < 1.29 is 4.52 Å². The maximum atomic E-state index is 12.3. The van der Waals surface area contributed by atoms with Crippen LogP contribution in [0.2, 0.25) is 0 Å². The normalized spacial score (nSPS) is 11.3. The Morgan fingerprint density at radius 2 is 1.96 bits per heavy atom. The Morgan fingerprint density at radius 3 is 2.76 bits per heavy atom. The lowest BCUT2D eigenvalue weighted by molar-refractivity contribution is 0.378. The van der Waals surface area contributed by atoms with E-state index >= 15 is 0 Å². The van der Waals surface area contributed by atoms with Crippen molar-refractivity contribution in [1.82, 2.24) is 25.1 Å². The van der Waals surface area contributed by atoms with Gasteiger partial charge in [0, 0.05) is 35.7 Å². The second kappa shape index (κ2) is 6.21. The van der Waals surface area contributed by atoms with Crippen LogP contribution in [0.5, 0.6) is 0 Å². The van der Waals surface area contributed by atoms with Crippen molar-refractivity contribution in [3.8, 4) is 11.4 Å². The zero-order valence-electron chi connectivity index (χ0n) is 13.7. The van der Waals surface area contributed by atoms with E-state index in [0.29, 0.717) is 35.8 Å². The number of rotatable bonds is 4. The van der Waals surface area contributed by atoms with Gasteiger partial charge in [-0.15, -0.1) is 11.3 Å². The Balaban J connectivity index is 1.55. The van der Waals surface area contributed by atoms with E-state index < -0.39 is 0 Å². The molecule has 0 bridgehead atoms. The first kappa shape index (κ1) is 15.6. The van der Waals surface area contributed by atoms with E-state index in [1.165, 1.54) is 0 Å². The van der Waals surface area contributed by atoms with Crippen LogP contribution in [0, 0.1) is 13.8 Å². The minimum absolute atomic E-state index is 0.0927. The Labute approximate surface area is 146 Å². The molecule has 0 aromatic carbocycles. The number of hydrogen-bond donors (Lipinski definition) is 1. The fourth-order valence-electron chi connectivity index (χ4n) is 2.62. The second-order valence-electron chi connectivity index (χ2n) is 5.72. The molecule has 0 atom stereocenters. The maximum Gasteiger partial charge on any atom is 0.259 e. The molecule has 1 N–H and O–H groups in total. The van der Waals surface area contributed by atoms with E-state index in [4.69, 9.17) is 4.52 Å². The van der Waals surface area contributed by atoms with Gasteiger partial charge < -0.3 is 9.51 Å². The van der Waals surface area contributed by atoms with Gasteiger partial charge in [0.05, 0.1) is 5.39 Å². The molecule has 7 nitrogen and oxygen atoms in total. The third kappa shape index (κ3) is 2.96. The Hall–Kier alpha value is -2.87. The van der Waals surface area contributed by atoms with Crippen LogP contribution in [0.3, 0.4) is 0 Å². The number of pyridine rings is 1. The molecular formula is C17H15N5O2S. The minimum Gasteiger partial charge on any atom is -0.339 e. The molecule has 0 aliphatic carbocycles. The van der Waals surface area contributed by atoms with Crippen LogP contribution in [0.1, 0.15) is 22.2 Å². The predicted octanol–water partition coefficient (Wildman–Crippen LogP) is 2.83. The first-order valence-electron chi connectivity index (χ1n) is 7.83. The summed E-state index contributed by atoms with van der Waals surface area (Å²) in [5, 5.41) is 4.66. The number of aromatic nitrogens is 5. The quantitative estimate of drug-likeness (QED) is 0.606. The lowest BCUT2D eigenvalue weighted by Gasteiger charge is -1.98. The SMILES string of the molecule is Cc1sc2nc(CCc3nc(-c4ccncc4)no3)[nH]c(=O)c2c1C. The van der Waals surface area contributed by atoms with Gasteiger partial charge in [0.2, 0.25) is 11.7 Å². The highest BCUT2D eigenvalue weighted by molar-refractivity contribution is 7.18. The lowest BCUT2D eigenvalue weighted by atomic mass is 10.2. The van der Waals surface area contributed by atoms with Crippen molar-refractivity contribution in [3.05, 3.63) is 57.0 Å². The van der Waals surface area contributed by atoms with E-state index in [2.05, 4.69) is 25.1 Å². The zero-order valence-corrected chi connectivity index (χ0v) is 14.6. The Morgan fingerprint density at radius 1 is 1.16 bits per heavy atom. The summed E-state index contributed by atoms with van der Waals surface area (Å²) in [6.45, 7) is 3.95. The molecule has 0 fully saturated rings. The standard InChI is InChI=1S/C17H15N5O2S/c1-9-10(2)25-17-14(9)16(23)19-12(20-17)3-4-13-21-15(22-24-13)11-5-7-18-8-6-11/h5-8H,3-4H2,1-2H3,(H,19,20,23). The van der Waals surface area contributed by atoms with Gasteiger partial charge in [-0.2, -0.15) is 4.98 Å². The number of thiophene rings is 1. The minimum atomic E-state index is -0.0927. The molecule has 0 aliphatic rings. The third-order valence-corrected chi connectivity index (χ3v) is 5.17. The first-order valence-corrected chi connectivity index (χ1v) is 8.65. The number of nitrogens with one attached hydrogen (secondary N) is 1. The number of hydrogen-bond acceptors (Lipinski definition) is 7. The number of aromatic amines is 1. The van der Waals surface area contributed by atoms with E-state index in [-0.39, 0.29) is 5.56 Å². The van der Waals surface area contributed by atoms with E-state index in [1.807, 2.05) is 26.0 Å². The van der Waals surface area contributed by atoms with E-state index in [0.717, 1.165) is 20.8 Å². The summed E-state index contributed by atoms with van der Waals surface area (Å²) in [6, 6.07) is 3.64. The molecule has 0 aliphatic heterocycles. The molecule has 0 unspecified atom stereocenters. The van der Waals surface area contributed by atoms with Gasteiger partial charge >= 0.3 is 0 Å². The average Bonchev–Trinajstić information content (AvgIpc) is 3.19. The van der Waals surface area contributed by atoms with Crippen molar-refractivity contribution in [2.75, 3.05) is 0 Å². The summed E-state index contributed by atoms with van der Waals surface area (Å²) in [5.74, 6) is 1.66. The van der Waals surface area contributed by atoms with Gasteiger partial charge in [-0.3, -0.25) is 9.78 Å². The molecule has 0 radical (unpaired) electrons. The third-order valence-electron chi connectivity index (χ3n) is 4.07. The van der Waals surface area contributed by atoms with Gasteiger partial charge in [0.15, 0.2) is 0 Å². The second-order valence-corrected chi connectivity index (χ2v) is 6.93. The highest BCUT2D eigenvalue weighted by atomic mass is 32.1. The van der Waals surface area contributed by atoms with Gasteiger partial charge in [-0.1, -0.05) is 5.16 Å². The highest BCUT2D eigenvalue weighted by Gasteiger charge is 2.13. The molecule has 4 aromatic rings. The topological polar surface area (TPSA) is 97.6 Å². The molecular weight excluding hydrogens is 338 g/mol. The molecule has 4 aromatic heterocycles. The molecule has 0 saturated carbocycles. The molecule has 4 rings (SSSR count). The smallest absolute Gasteiger partial charge is 0.259 e. The number of fused-ring (bicyclic) bond motifs is 1. The zero-order chi connectivity index (χ0) is 17.4. The fraction of sp³-hybridized carbons (Fsp3) is 0.235.